The number of H-pyrrole nitrogens is 1. The summed E-state index contributed by atoms with van der Waals surface area (Å²) >= 11 is 1.37. The summed E-state index contributed by atoms with van der Waals surface area (Å²) in [5, 5.41) is 8.47. The van der Waals surface area contributed by atoms with E-state index in [1.165, 1.54) is 23.9 Å². The first-order valence-electron chi connectivity index (χ1n) is 7.94. The molecule has 0 saturated heterocycles. The summed E-state index contributed by atoms with van der Waals surface area (Å²) < 4.78 is 14.6. The van der Waals surface area contributed by atoms with Crippen molar-refractivity contribution in [2.75, 3.05) is 0 Å². The first-order valence-corrected chi connectivity index (χ1v) is 8.92. The lowest BCUT2D eigenvalue weighted by Gasteiger charge is -2.04. The lowest BCUT2D eigenvalue weighted by Crippen LogP contribution is -2.11. The van der Waals surface area contributed by atoms with Gasteiger partial charge in [-0.05, 0) is 23.3 Å². The molecule has 2 aromatic carbocycles. The molecule has 0 unspecified atom stereocenters. The van der Waals surface area contributed by atoms with Crippen molar-refractivity contribution in [2.45, 2.75) is 17.5 Å². The van der Waals surface area contributed by atoms with Gasteiger partial charge in [0.1, 0.15) is 5.82 Å². The topological polar surface area (TPSA) is 76.5 Å². The average Bonchev–Trinajstić information content (AvgIpc) is 3.05. The highest BCUT2D eigenvalue weighted by atomic mass is 32.2. The second kappa shape index (κ2) is 7.09. The molecule has 0 aliphatic carbocycles. The zero-order valence-electron chi connectivity index (χ0n) is 13.6. The van der Waals surface area contributed by atoms with Crippen LogP contribution in [0, 0.1) is 5.82 Å². The Morgan fingerprint density at radius 3 is 2.58 bits per heavy atom. The summed E-state index contributed by atoms with van der Waals surface area (Å²) in [6.07, 6.45) is 0. The van der Waals surface area contributed by atoms with Crippen molar-refractivity contribution in [3.63, 3.8) is 0 Å². The minimum atomic E-state index is -0.323. The fourth-order valence-electron chi connectivity index (χ4n) is 2.51. The third-order valence-electron chi connectivity index (χ3n) is 3.82. The highest BCUT2D eigenvalue weighted by Gasteiger charge is 2.12. The van der Waals surface area contributed by atoms with E-state index in [0.29, 0.717) is 23.1 Å². The van der Waals surface area contributed by atoms with E-state index in [-0.39, 0.29) is 16.9 Å². The molecular formula is C18H14FN5OS. The van der Waals surface area contributed by atoms with Crippen LogP contribution in [0.2, 0.25) is 0 Å². The summed E-state index contributed by atoms with van der Waals surface area (Å²) in [5.41, 5.74) is 2.32. The third kappa shape index (κ3) is 3.50. The van der Waals surface area contributed by atoms with Gasteiger partial charge >= 0.3 is 0 Å². The molecule has 0 aliphatic rings. The molecule has 0 fully saturated rings. The molecule has 2 aromatic heterocycles. The molecule has 130 valence electrons. The van der Waals surface area contributed by atoms with Crippen molar-refractivity contribution in [3.05, 3.63) is 81.9 Å². The molecule has 0 bridgehead atoms. The summed E-state index contributed by atoms with van der Waals surface area (Å²) in [4.78, 5) is 19.5. The number of aromatic nitrogens is 5. The molecule has 2 heterocycles. The number of aromatic amines is 1. The van der Waals surface area contributed by atoms with Crippen LogP contribution < -0.4 is 5.56 Å². The third-order valence-corrected chi connectivity index (χ3v) is 4.76. The Kier molecular flexibility index (Phi) is 4.49. The first kappa shape index (κ1) is 16.5. The monoisotopic (exact) mass is 367 g/mol. The van der Waals surface area contributed by atoms with E-state index in [4.69, 9.17) is 0 Å². The predicted molar refractivity (Wildman–Crippen MR) is 97.4 cm³/mol. The number of hydrogen-bond acceptors (Lipinski definition) is 5. The van der Waals surface area contributed by atoms with Gasteiger partial charge in [0.05, 0.1) is 6.54 Å². The molecule has 4 rings (SSSR count). The second-order valence-corrected chi connectivity index (χ2v) is 6.66. The fraction of sp³-hybridized carbons (Fsp3) is 0.111. The fourth-order valence-corrected chi connectivity index (χ4v) is 3.32. The van der Waals surface area contributed by atoms with Crippen LogP contribution in [0.25, 0.3) is 11.2 Å². The minimum Gasteiger partial charge on any atom is -0.299 e. The standard InChI is InChI=1S/C18H14FN5OS/c19-14-8-6-13(7-9-14)11-26-18-20-16-15(17(25)21-18)22-23-24(16)10-12-4-2-1-3-5-12/h1-9H,10-11H2,(H,20,21,25). The number of thioether (sulfide) groups is 1. The van der Waals surface area contributed by atoms with E-state index in [2.05, 4.69) is 20.3 Å². The molecule has 0 spiro atoms. The zero-order valence-corrected chi connectivity index (χ0v) is 14.4. The van der Waals surface area contributed by atoms with E-state index in [1.807, 2.05) is 30.3 Å². The number of nitrogens with one attached hydrogen (secondary N) is 1. The Balaban J connectivity index is 1.61. The Labute approximate surface area is 152 Å². The molecule has 0 amide bonds. The molecule has 0 radical (unpaired) electrons. The number of hydrogen-bond donors (Lipinski definition) is 1. The molecule has 0 aliphatic heterocycles. The number of nitrogens with zero attached hydrogens (tertiary/aromatic N) is 4. The summed E-state index contributed by atoms with van der Waals surface area (Å²) in [5.74, 6) is 0.289. The van der Waals surface area contributed by atoms with E-state index < -0.39 is 0 Å². The van der Waals surface area contributed by atoms with Crippen LogP contribution in [0.5, 0.6) is 0 Å². The van der Waals surface area contributed by atoms with Crippen LogP contribution in [0.3, 0.4) is 0 Å². The number of fused-ring (bicyclic) bond motifs is 1. The normalized spacial score (nSPS) is 11.1. The number of benzene rings is 2. The van der Waals surface area contributed by atoms with Gasteiger partial charge in [-0.3, -0.25) is 9.78 Å². The minimum absolute atomic E-state index is 0.215. The van der Waals surface area contributed by atoms with E-state index in [9.17, 15) is 9.18 Å². The van der Waals surface area contributed by atoms with Crippen LogP contribution in [0.1, 0.15) is 11.1 Å². The van der Waals surface area contributed by atoms with Crippen molar-refractivity contribution >= 4 is 22.9 Å². The van der Waals surface area contributed by atoms with Gasteiger partial charge in [-0.25, -0.2) is 14.1 Å². The molecule has 6 nitrogen and oxygen atoms in total. The Morgan fingerprint density at radius 2 is 1.81 bits per heavy atom. The lowest BCUT2D eigenvalue weighted by atomic mass is 10.2. The summed E-state index contributed by atoms with van der Waals surface area (Å²) in [6, 6.07) is 16.0. The van der Waals surface area contributed by atoms with Crippen LogP contribution in [0.4, 0.5) is 4.39 Å². The molecule has 26 heavy (non-hydrogen) atoms. The van der Waals surface area contributed by atoms with Gasteiger partial charge in [-0.1, -0.05) is 59.4 Å². The van der Waals surface area contributed by atoms with Crippen LogP contribution in [-0.4, -0.2) is 25.0 Å². The number of rotatable bonds is 5. The Hall–Kier alpha value is -3.00. The quantitative estimate of drug-likeness (QED) is 0.433. The molecule has 8 heteroatoms. The lowest BCUT2D eigenvalue weighted by molar-refractivity contribution is 0.627. The smallest absolute Gasteiger partial charge is 0.281 e. The maximum Gasteiger partial charge on any atom is 0.281 e. The molecule has 4 aromatic rings. The van der Waals surface area contributed by atoms with Gasteiger partial charge in [-0.2, -0.15) is 0 Å². The van der Waals surface area contributed by atoms with Gasteiger partial charge in [0.25, 0.3) is 5.56 Å². The van der Waals surface area contributed by atoms with Crippen molar-refractivity contribution in [3.8, 4) is 0 Å². The van der Waals surface area contributed by atoms with Crippen LogP contribution in [0.15, 0.2) is 64.5 Å². The highest BCUT2D eigenvalue weighted by Crippen LogP contribution is 2.20. The van der Waals surface area contributed by atoms with Gasteiger partial charge in [0.2, 0.25) is 0 Å². The second-order valence-electron chi connectivity index (χ2n) is 5.69. The average molecular weight is 367 g/mol. The zero-order chi connectivity index (χ0) is 17.9. The van der Waals surface area contributed by atoms with Gasteiger partial charge in [-0.15, -0.1) is 5.10 Å². The highest BCUT2D eigenvalue weighted by molar-refractivity contribution is 7.98. The van der Waals surface area contributed by atoms with Crippen molar-refractivity contribution < 1.29 is 4.39 Å². The van der Waals surface area contributed by atoms with Crippen molar-refractivity contribution in [1.29, 1.82) is 0 Å². The predicted octanol–water partition coefficient (Wildman–Crippen LogP) is 2.99. The maximum absolute atomic E-state index is 13.0. The summed E-state index contributed by atoms with van der Waals surface area (Å²) in [6.45, 7) is 0.482. The Bertz CT molecular complexity index is 1090. The van der Waals surface area contributed by atoms with Gasteiger partial charge in [0.15, 0.2) is 16.3 Å². The van der Waals surface area contributed by atoms with Crippen molar-refractivity contribution in [2.24, 2.45) is 0 Å². The largest absolute Gasteiger partial charge is 0.299 e. The van der Waals surface area contributed by atoms with Crippen LogP contribution in [-0.2, 0) is 12.3 Å². The van der Waals surface area contributed by atoms with Crippen molar-refractivity contribution in [1.82, 2.24) is 25.0 Å². The molecular weight excluding hydrogens is 353 g/mol. The van der Waals surface area contributed by atoms with Gasteiger partial charge in [0, 0.05) is 5.75 Å². The SMILES string of the molecule is O=c1[nH]c(SCc2ccc(F)cc2)nc2c1nnn2Cc1ccccc1. The maximum atomic E-state index is 13.0. The first-order chi connectivity index (χ1) is 12.7. The number of halogens is 1. The van der Waals surface area contributed by atoms with E-state index in [1.54, 1.807) is 16.8 Å². The van der Waals surface area contributed by atoms with Crippen LogP contribution >= 0.6 is 11.8 Å². The van der Waals surface area contributed by atoms with E-state index >= 15 is 0 Å². The van der Waals surface area contributed by atoms with E-state index in [0.717, 1.165) is 11.1 Å². The van der Waals surface area contributed by atoms with Gasteiger partial charge < -0.3 is 0 Å². The molecule has 0 atom stereocenters. The molecule has 0 saturated carbocycles. The summed E-state index contributed by atoms with van der Waals surface area (Å²) in [7, 11) is 0. The molecule has 1 N–H and O–H groups in total. The Morgan fingerprint density at radius 1 is 1.04 bits per heavy atom.